The van der Waals surface area contributed by atoms with Crippen molar-refractivity contribution in [2.75, 3.05) is 6.54 Å². The topological polar surface area (TPSA) is 54.5 Å². The average molecular weight is 536 g/mol. The van der Waals surface area contributed by atoms with Crippen LogP contribution in [0.2, 0.25) is 0 Å². The minimum Gasteiger partial charge on any atom is -0.268 e. The molecule has 0 bridgehead atoms. The van der Waals surface area contributed by atoms with Gasteiger partial charge in [0.2, 0.25) is 0 Å². The van der Waals surface area contributed by atoms with Crippen molar-refractivity contribution in [3.05, 3.63) is 137 Å². The molecule has 4 nitrogen and oxygen atoms in total. The summed E-state index contributed by atoms with van der Waals surface area (Å²) in [5.74, 6) is -0.863. The lowest BCUT2D eigenvalue weighted by Crippen LogP contribution is -2.44. The van der Waals surface area contributed by atoms with E-state index in [0.717, 1.165) is 26.6 Å². The van der Waals surface area contributed by atoms with Crippen molar-refractivity contribution >= 4 is 27.1 Å². The molecular weight excluding hydrogens is 502 g/mol. The van der Waals surface area contributed by atoms with Crippen molar-refractivity contribution < 1.29 is 13.2 Å². The SMILES string of the molecule is Cc1ccc(S(=O)(=O)N2CC(c3ccc(C(C)(C)C)cc3)C(c3ccccc3)=C(c3ccccc3)C2=O)cc1. The molecule has 0 saturated heterocycles. The van der Waals surface area contributed by atoms with Crippen LogP contribution in [0.15, 0.2) is 114 Å². The quantitative estimate of drug-likeness (QED) is 0.271. The first-order chi connectivity index (χ1) is 18.6. The fraction of sp³-hybridized carbons (Fsp3) is 0.206. The Hall–Kier alpha value is -3.96. The van der Waals surface area contributed by atoms with Gasteiger partial charge in [-0.25, -0.2) is 12.7 Å². The number of carbonyl (C=O) groups is 1. The summed E-state index contributed by atoms with van der Waals surface area (Å²) in [6, 6.07) is 34.2. The maximum Gasteiger partial charge on any atom is 0.268 e. The molecule has 0 aliphatic carbocycles. The largest absolute Gasteiger partial charge is 0.268 e. The molecule has 1 aliphatic rings. The summed E-state index contributed by atoms with van der Waals surface area (Å²) in [4.78, 5) is 14.4. The number of carbonyl (C=O) groups excluding carboxylic acids is 1. The Kier molecular flexibility index (Phi) is 7.04. The molecule has 0 spiro atoms. The monoisotopic (exact) mass is 535 g/mol. The summed E-state index contributed by atoms with van der Waals surface area (Å²) >= 11 is 0. The second-order valence-corrected chi connectivity index (χ2v) is 13.0. The molecule has 198 valence electrons. The van der Waals surface area contributed by atoms with E-state index in [2.05, 4.69) is 45.0 Å². The van der Waals surface area contributed by atoms with Gasteiger partial charge < -0.3 is 0 Å². The molecule has 0 aromatic heterocycles. The van der Waals surface area contributed by atoms with Crippen molar-refractivity contribution in [3.8, 4) is 0 Å². The lowest BCUT2D eigenvalue weighted by atomic mass is 9.78. The molecule has 0 saturated carbocycles. The molecule has 0 radical (unpaired) electrons. The highest BCUT2D eigenvalue weighted by Gasteiger charge is 2.41. The Morgan fingerprint density at radius 2 is 1.26 bits per heavy atom. The van der Waals surface area contributed by atoms with E-state index in [9.17, 15) is 13.2 Å². The second-order valence-electron chi connectivity index (χ2n) is 11.1. The van der Waals surface area contributed by atoms with Gasteiger partial charge in [0, 0.05) is 12.5 Å². The van der Waals surface area contributed by atoms with Crippen molar-refractivity contribution in [3.63, 3.8) is 0 Å². The van der Waals surface area contributed by atoms with E-state index in [1.165, 1.54) is 5.56 Å². The number of amides is 1. The first kappa shape index (κ1) is 26.6. The van der Waals surface area contributed by atoms with Gasteiger partial charge in [-0.1, -0.05) is 123 Å². The maximum atomic E-state index is 14.2. The number of hydrogen-bond donors (Lipinski definition) is 0. The molecule has 5 rings (SSSR count). The highest BCUT2D eigenvalue weighted by atomic mass is 32.2. The van der Waals surface area contributed by atoms with Crippen LogP contribution >= 0.6 is 0 Å². The summed E-state index contributed by atoms with van der Waals surface area (Å²) in [5, 5.41) is 0. The smallest absolute Gasteiger partial charge is 0.268 e. The molecule has 39 heavy (non-hydrogen) atoms. The van der Waals surface area contributed by atoms with E-state index >= 15 is 0 Å². The van der Waals surface area contributed by atoms with E-state index in [1.807, 2.05) is 67.6 Å². The van der Waals surface area contributed by atoms with Gasteiger partial charge in [-0.2, -0.15) is 0 Å². The highest BCUT2D eigenvalue weighted by molar-refractivity contribution is 7.89. The normalized spacial score (nSPS) is 16.5. The molecule has 0 N–H and O–H groups in total. The summed E-state index contributed by atoms with van der Waals surface area (Å²) in [6.45, 7) is 8.42. The zero-order chi connectivity index (χ0) is 27.8. The Bertz CT molecular complexity index is 1620. The number of aryl methyl sites for hydroxylation is 1. The third kappa shape index (κ3) is 5.19. The van der Waals surface area contributed by atoms with E-state index in [-0.39, 0.29) is 22.8 Å². The minimum atomic E-state index is -4.10. The third-order valence-corrected chi connectivity index (χ3v) is 9.10. The number of benzene rings is 4. The Balaban J connectivity index is 1.76. The van der Waals surface area contributed by atoms with Crippen molar-refractivity contribution in [1.82, 2.24) is 4.31 Å². The zero-order valence-corrected chi connectivity index (χ0v) is 23.6. The fourth-order valence-electron chi connectivity index (χ4n) is 5.13. The van der Waals surface area contributed by atoms with E-state index < -0.39 is 15.9 Å². The highest BCUT2D eigenvalue weighted by Crippen LogP contribution is 2.44. The lowest BCUT2D eigenvalue weighted by molar-refractivity contribution is -0.121. The van der Waals surface area contributed by atoms with Crippen molar-refractivity contribution in [2.24, 2.45) is 0 Å². The van der Waals surface area contributed by atoms with E-state index in [4.69, 9.17) is 0 Å². The summed E-state index contributed by atoms with van der Waals surface area (Å²) in [5.41, 5.74) is 5.94. The predicted molar refractivity (Wildman–Crippen MR) is 158 cm³/mol. The van der Waals surface area contributed by atoms with Gasteiger partial charge in [0.25, 0.3) is 15.9 Å². The van der Waals surface area contributed by atoms with Crippen LogP contribution < -0.4 is 0 Å². The summed E-state index contributed by atoms with van der Waals surface area (Å²) in [6.07, 6.45) is 0. The van der Waals surface area contributed by atoms with Crippen LogP contribution in [0.3, 0.4) is 0 Å². The van der Waals surface area contributed by atoms with Crippen LogP contribution in [0.1, 0.15) is 54.5 Å². The number of rotatable bonds is 5. The van der Waals surface area contributed by atoms with Gasteiger partial charge >= 0.3 is 0 Å². The number of sulfonamides is 1. The van der Waals surface area contributed by atoms with Crippen molar-refractivity contribution in [2.45, 2.75) is 43.9 Å². The zero-order valence-electron chi connectivity index (χ0n) is 22.8. The molecule has 5 heteroatoms. The van der Waals surface area contributed by atoms with E-state index in [1.54, 1.807) is 24.3 Å². The molecule has 0 fully saturated rings. The van der Waals surface area contributed by atoms with Gasteiger partial charge in [-0.05, 0) is 52.3 Å². The average Bonchev–Trinajstić information content (AvgIpc) is 2.93. The minimum absolute atomic E-state index is 0.0183. The van der Waals surface area contributed by atoms with Crippen LogP contribution in [0.25, 0.3) is 11.1 Å². The molecule has 1 aliphatic heterocycles. The molecule has 1 amide bonds. The number of hydrogen-bond acceptors (Lipinski definition) is 3. The van der Waals surface area contributed by atoms with Crippen LogP contribution in [0, 0.1) is 6.92 Å². The van der Waals surface area contributed by atoms with Crippen LogP contribution in [0.4, 0.5) is 0 Å². The molecule has 1 unspecified atom stereocenters. The van der Waals surface area contributed by atoms with Crippen molar-refractivity contribution in [1.29, 1.82) is 0 Å². The first-order valence-electron chi connectivity index (χ1n) is 13.2. The van der Waals surface area contributed by atoms with Gasteiger partial charge in [-0.3, -0.25) is 4.79 Å². The summed E-state index contributed by atoms with van der Waals surface area (Å²) < 4.78 is 29.0. The van der Waals surface area contributed by atoms with E-state index in [0.29, 0.717) is 11.1 Å². The molecule has 1 atom stereocenters. The van der Waals surface area contributed by atoms with Gasteiger partial charge in [0.1, 0.15) is 0 Å². The standard InChI is InChI=1S/C34H33NO3S/c1-24-15-21-29(22-16-24)39(37,38)35-23-30(25-17-19-28(20-18-25)34(2,3)4)31(26-11-7-5-8-12-26)32(33(35)36)27-13-9-6-10-14-27/h5-22,30H,23H2,1-4H3. The molecule has 1 heterocycles. The maximum absolute atomic E-state index is 14.2. The molecule has 4 aromatic carbocycles. The van der Waals surface area contributed by atoms with Gasteiger partial charge in [-0.15, -0.1) is 0 Å². The Labute approximate surface area is 231 Å². The third-order valence-electron chi connectivity index (χ3n) is 7.34. The second kappa shape index (κ2) is 10.3. The first-order valence-corrected chi connectivity index (χ1v) is 14.6. The van der Waals surface area contributed by atoms with Crippen LogP contribution in [-0.4, -0.2) is 25.2 Å². The predicted octanol–water partition coefficient (Wildman–Crippen LogP) is 7.22. The summed E-state index contributed by atoms with van der Waals surface area (Å²) in [7, 11) is -4.10. The lowest BCUT2D eigenvalue weighted by Gasteiger charge is -2.36. The fourth-order valence-corrected chi connectivity index (χ4v) is 6.52. The molecule has 4 aromatic rings. The molecular formula is C34H33NO3S. The van der Waals surface area contributed by atoms with Crippen LogP contribution in [0.5, 0.6) is 0 Å². The Morgan fingerprint density at radius 1 is 0.718 bits per heavy atom. The van der Waals surface area contributed by atoms with Gasteiger partial charge in [0.05, 0.1) is 10.5 Å². The Morgan fingerprint density at radius 3 is 1.79 bits per heavy atom. The van der Waals surface area contributed by atoms with Crippen LogP contribution in [-0.2, 0) is 20.2 Å². The number of nitrogens with zero attached hydrogens (tertiary/aromatic N) is 1. The van der Waals surface area contributed by atoms with Gasteiger partial charge in [0.15, 0.2) is 0 Å².